The molecule has 2 atom stereocenters. The lowest BCUT2D eigenvalue weighted by atomic mass is 10.1. The number of amides is 2. The molecule has 1 fully saturated rings. The van der Waals surface area contributed by atoms with E-state index in [1.165, 1.54) is 30.2 Å². The summed E-state index contributed by atoms with van der Waals surface area (Å²) in [6.45, 7) is 5.30. The first kappa shape index (κ1) is 23.5. The highest BCUT2D eigenvalue weighted by atomic mass is 32.2. The Kier molecular flexibility index (Phi) is 7.02. The third kappa shape index (κ3) is 5.37. The zero-order chi connectivity index (χ0) is 23.5. The van der Waals surface area contributed by atoms with Gasteiger partial charge < -0.3 is 19.4 Å². The summed E-state index contributed by atoms with van der Waals surface area (Å²) < 4.78 is 34.0. The normalized spacial score (nSPS) is 18.0. The van der Waals surface area contributed by atoms with E-state index in [4.69, 9.17) is 9.15 Å². The minimum absolute atomic E-state index is 0.0471. The van der Waals surface area contributed by atoms with Crippen LogP contribution in [0.2, 0.25) is 0 Å². The Morgan fingerprint density at radius 2 is 2.03 bits per heavy atom. The Hall–Kier alpha value is -3.14. The molecule has 172 valence electrons. The van der Waals surface area contributed by atoms with Gasteiger partial charge in [-0.05, 0) is 57.0 Å². The van der Waals surface area contributed by atoms with E-state index in [0.717, 1.165) is 5.56 Å². The van der Waals surface area contributed by atoms with Gasteiger partial charge in [-0.15, -0.1) is 0 Å². The molecule has 2 aromatic rings. The molecular formula is C22H26N2O7S. The molecule has 1 N–H and O–H groups in total. The summed E-state index contributed by atoms with van der Waals surface area (Å²) in [4.78, 5) is 39.2. The van der Waals surface area contributed by atoms with Gasteiger partial charge in [0.05, 0.1) is 23.3 Å². The van der Waals surface area contributed by atoms with Crippen molar-refractivity contribution in [1.82, 2.24) is 4.90 Å². The maximum atomic E-state index is 12.8. The van der Waals surface area contributed by atoms with Crippen LogP contribution >= 0.6 is 0 Å². The zero-order valence-corrected chi connectivity index (χ0v) is 19.0. The number of ether oxygens (including phenoxy) is 1. The first-order valence-corrected chi connectivity index (χ1v) is 12.1. The molecule has 0 spiro atoms. The molecule has 2 heterocycles. The number of likely N-dealkylation sites (N-methyl/N-ethyl adjacent to an activating group) is 1. The molecule has 0 unspecified atom stereocenters. The lowest BCUT2D eigenvalue weighted by Crippen LogP contribution is -2.46. The second-order valence-electron chi connectivity index (χ2n) is 7.69. The van der Waals surface area contributed by atoms with Crippen LogP contribution in [0.1, 0.15) is 46.7 Å². The molecule has 0 radical (unpaired) electrons. The standard InChI is InChI=1S/C22H26N2O7S/c1-4-24(17-9-11-32(28,29)13-17)21(26)15(3)31-22(27)16-8-7-14(2)18(12-16)23-20(25)19-6-5-10-30-19/h5-8,10,12,15,17H,4,9,11,13H2,1-3H3,(H,23,25)/t15-,17-/m0/s1. The van der Waals surface area contributed by atoms with Crippen molar-refractivity contribution in [2.75, 3.05) is 23.4 Å². The number of carbonyl (C=O) groups is 3. The highest BCUT2D eigenvalue weighted by Crippen LogP contribution is 2.21. The van der Waals surface area contributed by atoms with E-state index in [1.54, 1.807) is 32.0 Å². The summed E-state index contributed by atoms with van der Waals surface area (Å²) in [5, 5.41) is 2.68. The molecular weight excluding hydrogens is 436 g/mol. The largest absolute Gasteiger partial charge is 0.459 e. The molecule has 10 heteroatoms. The van der Waals surface area contributed by atoms with Gasteiger partial charge in [-0.2, -0.15) is 0 Å². The zero-order valence-electron chi connectivity index (χ0n) is 18.2. The van der Waals surface area contributed by atoms with Crippen LogP contribution in [0, 0.1) is 6.92 Å². The Bertz CT molecular complexity index is 1110. The van der Waals surface area contributed by atoms with Crippen molar-refractivity contribution in [2.24, 2.45) is 0 Å². The number of hydrogen-bond acceptors (Lipinski definition) is 7. The van der Waals surface area contributed by atoms with Crippen LogP contribution in [0.15, 0.2) is 41.0 Å². The van der Waals surface area contributed by atoms with Crippen LogP contribution in [-0.2, 0) is 19.4 Å². The molecule has 32 heavy (non-hydrogen) atoms. The molecule has 2 amide bonds. The molecule has 3 rings (SSSR count). The number of nitrogens with one attached hydrogen (secondary N) is 1. The van der Waals surface area contributed by atoms with Crippen molar-refractivity contribution in [1.29, 1.82) is 0 Å². The van der Waals surface area contributed by atoms with E-state index in [2.05, 4.69) is 5.32 Å². The van der Waals surface area contributed by atoms with Gasteiger partial charge in [-0.3, -0.25) is 9.59 Å². The average molecular weight is 463 g/mol. The monoisotopic (exact) mass is 462 g/mol. The summed E-state index contributed by atoms with van der Waals surface area (Å²) in [5.74, 6) is -1.53. The highest BCUT2D eigenvalue weighted by molar-refractivity contribution is 7.91. The number of hydrogen-bond donors (Lipinski definition) is 1. The van der Waals surface area contributed by atoms with Crippen LogP contribution in [0.25, 0.3) is 0 Å². The summed E-state index contributed by atoms with van der Waals surface area (Å²) in [6.07, 6.45) is 0.668. The van der Waals surface area contributed by atoms with Crippen molar-refractivity contribution in [3.05, 3.63) is 53.5 Å². The summed E-state index contributed by atoms with van der Waals surface area (Å²) >= 11 is 0. The van der Waals surface area contributed by atoms with Gasteiger partial charge in [0.2, 0.25) is 0 Å². The number of furan rings is 1. The van der Waals surface area contributed by atoms with E-state index >= 15 is 0 Å². The number of aryl methyl sites for hydroxylation is 1. The SMILES string of the molecule is CCN(C(=O)[C@H](C)OC(=O)c1ccc(C)c(NC(=O)c2ccco2)c1)[C@H]1CCS(=O)(=O)C1. The number of esters is 1. The van der Waals surface area contributed by atoms with Gasteiger partial charge in [0.15, 0.2) is 21.7 Å². The van der Waals surface area contributed by atoms with Crippen molar-refractivity contribution < 1.29 is 32.0 Å². The Balaban J connectivity index is 1.68. The Labute approximate surface area is 186 Å². The predicted octanol–water partition coefficient (Wildman–Crippen LogP) is 2.42. The van der Waals surface area contributed by atoms with E-state index in [0.29, 0.717) is 18.7 Å². The lowest BCUT2D eigenvalue weighted by molar-refractivity contribution is -0.141. The first-order valence-electron chi connectivity index (χ1n) is 10.3. The summed E-state index contributed by atoms with van der Waals surface area (Å²) in [6, 6.07) is 7.36. The molecule has 0 saturated carbocycles. The van der Waals surface area contributed by atoms with E-state index in [9.17, 15) is 22.8 Å². The van der Waals surface area contributed by atoms with Gasteiger partial charge >= 0.3 is 5.97 Å². The molecule has 1 aromatic heterocycles. The molecule has 1 aliphatic rings. The number of carbonyl (C=O) groups excluding carboxylic acids is 3. The number of nitrogens with zero attached hydrogens (tertiary/aromatic N) is 1. The molecule has 0 bridgehead atoms. The minimum atomic E-state index is -3.15. The van der Waals surface area contributed by atoms with Gasteiger partial charge in [0, 0.05) is 18.3 Å². The first-order chi connectivity index (χ1) is 15.1. The van der Waals surface area contributed by atoms with E-state index < -0.39 is 39.8 Å². The third-order valence-corrected chi connectivity index (χ3v) is 7.12. The van der Waals surface area contributed by atoms with Crippen LogP contribution in [0.4, 0.5) is 5.69 Å². The second kappa shape index (κ2) is 9.56. The Morgan fingerprint density at radius 1 is 1.28 bits per heavy atom. The van der Waals surface area contributed by atoms with Gasteiger partial charge in [-0.1, -0.05) is 6.07 Å². The molecule has 1 aliphatic heterocycles. The number of sulfone groups is 1. The predicted molar refractivity (Wildman–Crippen MR) is 117 cm³/mol. The Morgan fingerprint density at radius 3 is 2.62 bits per heavy atom. The van der Waals surface area contributed by atoms with Crippen LogP contribution in [0.5, 0.6) is 0 Å². The van der Waals surface area contributed by atoms with Crippen molar-refractivity contribution in [3.63, 3.8) is 0 Å². The fourth-order valence-electron chi connectivity index (χ4n) is 3.60. The smallest absolute Gasteiger partial charge is 0.338 e. The minimum Gasteiger partial charge on any atom is -0.459 e. The second-order valence-corrected chi connectivity index (χ2v) is 9.92. The average Bonchev–Trinajstić information content (AvgIpc) is 3.40. The molecule has 1 saturated heterocycles. The van der Waals surface area contributed by atoms with Crippen LogP contribution in [-0.4, -0.2) is 61.3 Å². The van der Waals surface area contributed by atoms with E-state index in [1.807, 2.05) is 0 Å². The van der Waals surface area contributed by atoms with Crippen LogP contribution < -0.4 is 5.32 Å². The summed E-state index contributed by atoms with van der Waals surface area (Å²) in [5.41, 5.74) is 1.30. The number of anilines is 1. The summed E-state index contributed by atoms with van der Waals surface area (Å²) in [7, 11) is -3.15. The lowest BCUT2D eigenvalue weighted by Gasteiger charge is -2.29. The van der Waals surface area contributed by atoms with E-state index in [-0.39, 0.29) is 22.8 Å². The van der Waals surface area contributed by atoms with Crippen molar-refractivity contribution in [2.45, 2.75) is 39.3 Å². The quantitative estimate of drug-likeness (QED) is 0.627. The maximum absolute atomic E-state index is 12.8. The molecule has 0 aliphatic carbocycles. The van der Waals surface area contributed by atoms with Gasteiger partial charge in [0.1, 0.15) is 0 Å². The molecule has 9 nitrogen and oxygen atoms in total. The fourth-order valence-corrected chi connectivity index (χ4v) is 5.33. The number of benzene rings is 1. The molecule has 1 aromatic carbocycles. The maximum Gasteiger partial charge on any atom is 0.338 e. The van der Waals surface area contributed by atoms with Gasteiger partial charge in [-0.25, -0.2) is 13.2 Å². The number of rotatable bonds is 7. The van der Waals surface area contributed by atoms with Gasteiger partial charge in [0.25, 0.3) is 11.8 Å². The third-order valence-electron chi connectivity index (χ3n) is 5.37. The van der Waals surface area contributed by atoms with Crippen molar-refractivity contribution in [3.8, 4) is 0 Å². The fraction of sp³-hybridized carbons (Fsp3) is 0.409. The highest BCUT2D eigenvalue weighted by Gasteiger charge is 2.36. The topological polar surface area (TPSA) is 123 Å². The van der Waals surface area contributed by atoms with Crippen molar-refractivity contribution >= 4 is 33.3 Å². The van der Waals surface area contributed by atoms with Crippen LogP contribution in [0.3, 0.4) is 0 Å².